The van der Waals surface area contributed by atoms with Crippen LogP contribution in [0.1, 0.15) is 35.9 Å². The Morgan fingerprint density at radius 1 is 1.21 bits per heavy atom. The van der Waals surface area contributed by atoms with E-state index in [-0.39, 0.29) is 12.2 Å². The Hall–Kier alpha value is -2.00. The summed E-state index contributed by atoms with van der Waals surface area (Å²) in [5.74, 6) is 0.228. The molecule has 11 heteroatoms. The molecule has 39 heavy (non-hydrogen) atoms. The van der Waals surface area contributed by atoms with E-state index >= 15 is 0 Å². The van der Waals surface area contributed by atoms with Crippen molar-refractivity contribution in [3.63, 3.8) is 0 Å². The lowest BCUT2D eigenvalue weighted by Gasteiger charge is -2.23. The minimum absolute atomic E-state index is 0.219. The van der Waals surface area contributed by atoms with Gasteiger partial charge >= 0.3 is 5.97 Å². The second-order valence-electron chi connectivity index (χ2n) is 8.54. The number of rotatable bonds is 7. The fourth-order valence-corrected chi connectivity index (χ4v) is 8.26. The molecule has 0 saturated heterocycles. The van der Waals surface area contributed by atoms with Crippen LogP contribution < -0.4 is 19.6 Å². The Morgan fingerprint density at radius 3 is 2.67 bits per heavy atom. The van der Waals surface area contributed by atoms with Crippen LogP contribution >= 0.6 is 79.5 Å². The topological polar surface area (TPSA) is 69.9 Å². The molecule has 0 radical (unpaired) electrons. The normalized spacial score (nSPS) is 15.2. The van der Waals surface area contributed by atoms with E-state index in [4.69, 9.17) is 21.1 Å². The molecule has 2 aromatic carbocycles. The van der Waals surface area contributed by atoms with Gasteiger partial charge in [0.25, 0.3) is 5.56 Å². The maximum atomic E-state index is 13.9. The third kappa shape index (κ3) is 6.04. The van der Waals surface area contributed by atoms with E-state index in [2.05, 4.69) is 50.2 Å². The maximum absolute atomic E-state index is 13.9. The molecule has 0 bridgehead atoms. The predicted molar refractivity (Wildman–Crippen MR) is 172 cm³/mol. The molecule has 0 amide bonds. The van der Waals surface area contributed by atoms with Gasteiger partial charge in [-0.3, -0.25) is 9.36 Å². The zero-order valence-corrected chi connectivity index (χ0v) is 27.4. The van der Waals surface area contributed by atoms with E-state index in [1.54, 1.807) is 18.4 Å². The molecule has 1 aliphatic heterocycles. The van der Waals surface area contributed by atoms with Crippen molar-refractivity contribution >= 4 is 91.5 Å². The molecule has 200 valence electrons. The minimum atomic E-state index is -0.598. The monoisotopic (exact) mass is 802 g/mol. The van der Waals surface area contributed by atoms with Gasteiger partial charge in [-0.1, -0.05) is 41.1 Å². The standard InChI is InChI=1S/C28H21ClI2N2O4S2/c1-3-36-27(35)23-15(2)32-28-33(24(23)21-5-4-10-38-21)26(34)22(39-28)12-17-11-19(30)13-20(31)25(17)37-14-16-6-8-18(29)9-7-16/h4-13,24H,3,14H2,1-2H3/b22-12-/t24-/m0/s1. The number of thiazole rings is 1. The highest BCUT2D eigenvalue weighted by molar-refractivity contribution is 14.1. The number of nitrogens with zero attached hydrogens (tertiary/aromatic N) is 2. The van der Waals surface area contributed by atoms with Crippen molar-refractivity contribution in [1.29, 1.82) is 0 Å². The molecule has 1 atom stereocenters. The largest absolute Gasteiger partial charge is 0.487 e. The molecule has 0 spiro atoms. The van der Waals surface area contributed by atoms with E-state index in [0.29, 0.717) is 38.0 Å². The van der Waals surface area contributed by atoms with Crippen LogP contribution in [0.25, 0.3) is 6.08 Å². The van der Waals surface area contributed by atoms with Gasteiger partial charge in [0, 0.05) is 19.0 Å². The summed E-state index contributed by atoms with van der Waals surface area (Å²) in [6.07, 6.45) is 1.85. The van der Waals surface area contributed by atoms with Crippen LogP contribution in [0.5, 0.6) is 5.75 Å². The summed E-state index contributed by atoms with van der Waals surface area (Å²) in [5.41, 5.74) is 2.49. The highest BCUT2D eigenvalue weighted by Crippen LogP contribution is 2.33. The quantitative estimate of drug-likeness (QED) is 0.163. The second kappa shape index (κ2) is 12.2. The number of fused-ring (bicyclic) bond motifs is 1. The zero-order chi connectivity index (χ0) is 27.7. The third-order valence-corrected chi connectivity index (χ3v) is 9.53. The minimum Gasteiger partial charge on any atom is -0.487 e. The highest BCUT2D eigenvalue weighted by atomic mass is 127. The van der Waals surface area contributed by atoms with Crippen LogP contribution in [-0.2, 0) is 16.1 Å². The number of benzene rings is 2. The van der Waals surface area contributed by atoms with Crippen molar-refractivity contribution in [1.82, 2.24) is 4.57 Å². The molecular formula is C28H21ClI2N2O4S2. The number of esters is 1. The summed E-state index contributed by atoms with van der Waals surface area (Å²) in [4.78, 5) is 32.9. The number of halogens is 3. The predicted octanol–water partition coefficient (Wildman–Crippen LogP) is 6.30. The Bertz CT molecular complexity index is 1760. The molecule has 4 aromatic rings. The van der Waals surface area contributed by atoms with E-state index in [1.165, 1.54) is 22.7 Å². The summed E-state index contributed by atoms with van der Waals surface area (Å²) < 4.78 is 15.7. The molecule has 0 unspecified atom stereocenters. The summed E-state index contributed by atoms with van der Waals surface area (Å²) in [5, 5.41) is 2.60. The lowest BCUT2D eigenvalue weighted by Crippen LogP contribution is -2.39. The van der Waals surface area contributed by atoms with Gasteiger partial charge in [0.1, 0.15) is 18.4 Å². The van der Waals surface area contributed by atoms with Gasteiger partial charge in [-0.05, 0) is 106 Å². The first-order valence-corrected chi connectivity index (χ1v) is 16.1. The first kappa shape index (κ1) is 28.5. The Balaban J connectivity index is 1.62. The molecule has 5 rings (SSSR count). The summed E-state index contributed by atoms with van der Waals surface area (Å²) in [6, 6.07) is 14.8. The van der Waals surface area contributed by atoms with E-state index in [0.717, 1.165) is 23.1 Å². The van der Waals surface area contributed by atoms with Crippen LogP contribution in [0.4, 0.5) is 0 Å². The number of ether oxygens (including phenoxy) is 2. The van der Waals surface area contributed by atoms with Crippen LogP contribution in [-0.4, -0.2) is 17.1 Å². The van der Waals surface area contributed by atoms with Crippen molar-refractivity contribution in [3.8, 4) is 5.75 Å². The van der Waals surface area contributed by atoms with E-state index < -0.39 is 12.0 Å². The fraction of sp³-hybridized carbons (Fsp3) is 0.179. The number of hydrogen-bond acceptors (Lipinski definition) is 7. The zero-order valence-electron chi connectivity index (χ0n) is 20.7. The van der Waals surface area contributed by atoms with Crippen LogP contribution in [0, 0.1) is 7.14 Å². The van der Waals surface area contributed by atoms with Gasteiger partial charge < -0.3 is 9.47 Å². The third-order valence-electron chi connectivity index (χ3n) is 5.95. The van der Waals surface area contributed by atoms with Crippen molar-refractivity contribution in [2.24, 2.45) is 4.99 Å². The van der Waals surface area contributed by atoms with Crippen molar-refractivity contribution in [2.45, 2.75) is 26.5 Å². The first-order valence-electron chi connectivity index (χ1n) is 11.9. The number of carbonyl (C=O) groups is 1. The summed E-state index contributed by atoms with van der Waals surface area (Å²) in [6.45, 7) is 4.14. The average molecular weight is 803 g/mol. The Labute approximate surface area is 264 Å². The number of allylic oxidation sites excluding steroid dienone is 1. The fourth-order valence-electron chi connectivity index (χ4n) is 4.22. The van der Waals surface area contributed by atoms with E-state index in [9.17, 15) is 9.59 Å². The number of hydrogen-bond donors (Lipinski definition) is 0. The van der Waals surface area contributed by atoms with Gasteiger partial charge in [-0.15, -0.1) is 11.3 Å². The van der Waals surface area contributed by atoms with Gasteiger partial charge in [-0.2, -0.15) is 0 Å². The molecule has 0 N–H and O–H groups in total. The van der Waals surface area contributed by atoms with Crippen molar-refractivity contribution < 1.29 is 14.3 Å². The molecule has 3 heterocycles. The second-order valence-corrected chi connectivity index (χ2v) is 13.4. The highest BCUT2D eigenvalue weighted by Gasteiger charge is 2.34. The molecular weight excluding hydrogens is 782 g/mol. The molecule has 0 saturated carbocycles. The number of thiophene rings is 1. The smallest absolute Gasteiger partial charge is 0.338 e. The molecule has 0 aliphatic carbocycles. The number of carbonyl (C=O) groups excluding carboxylic acids is 1. The Morgan fingerprint density at radius 2 is 1.97 bits per heavy atom. The summed E-state index contributed by atoms with van der Waals surface area (Å²) in [7, 11) is 0. The van der Waals surface area contributed by atoms with Crippen LogP contribution in [0.3, 0.4) is 0 Å². The lowest BCUT2D eigenvalue weighted by molar-refractivity contribution is -0.139. The summed E-state index contributed by atoms with van der Waals surface area (Å²) >= 11 is 13.3. The van der Waals surface area contributed by atoms with E-state index in [1.807, 2.05) is 60.0 Å². The van der Waals surface area contributed by atoms with Crippen LogP contribution in [0.15, 0.2) is 75.0 Å². The average Bonchev–Trinajstić information content (AvgIpc) is 3.52. The van der Waals surface area contributed by atoms with Crippen molar-refractivity contribution in [3.05, 3.63) is 113 Å². The molecule has 6 nitrogen and oxygen atoms in total. The maximum Gasteiger partial charge on any atom is 0.338 e. The number of aromatic nitrogens is 1. The first-order chi connectivity index (χ1) is 18.8. The molecule has 0 fully saturated rings. The molecule has 1 aliphatic rings. The van der Waals surface area contributed by atoms with Gasteiger partial charge in [0.15, 0.2) is 4.80 Å². The van der Waals surface area contributed by atoms with Crippen molar-refractivity contribution in [2.75, 3.05) is 6.61 Å². The van der Waals surface area contributed by atoms with Gasteiger partial charge in [0.05, 0.1) is 26.0 Å². The van der Waals surface area contributed by atoms with Gasteiger partial charge in [0.2, 0.25) is 0 Å². The van der Waals surface area contributed by atoms with Crippen LogP contribution in [0.2, 0.25) is 5.02 Å². The SMILES string of the molecule is CCOC(=O)C1=C(C)N=c2s/c(=C\c3cc(I)cc(I)c3OCc3ccc(Cl)cc3)c(=O)n2[C@H]1c1cccs1. The molecule has 2 aromatic heterocycles. The Kier molecular flexibility index (Phi) is 8.96. The lowest BCUT2D eigenvalue weighted by atomic mass is 10.0. The van der Waals surface area contributed by atoms with Gasteiger partial charge in [-0.25, -0.2) is 9.79 Å².